The van der Waals surface area contributed by atoms with Crippen molar-refractivity contribution < 1.29 is 0 Å². The van der Waals surface area contributed by atoms with Crippen LogP contribution >= 0.6 is 22.9 Å². The van der Waals surface area contributed by atoms with Crippen LogP contribution < -0.4 is 11.2 Å². The molecule has 0 unspecified atom stereocenters. The summed E-state index contributed by atoms with van der Waals surface area (Å²) < 4.78 is 2.99. The highest BCUT2D eigenvalue weighted by atomic mass is 35.5. The van der Waals surface area contributed by atoms with Crippen LogP contribution in [0.2, 0.25) is 5.02 Å². The van der Waals surface area contributed by atoms with Gasteiger partial charge in [-0.3, -0.25) is 14.3 Å². The van der Waals surface area contributed by atoms with Gasteiger partial charge >= 0.3 is 5.69 Å². The van der Waals surface area contributed by atoms with Crippen molar-refractivity contribution in [2.24, 2.45) is 0 Å². The zero-order chi connectivity index (χ0) is 19.7. The maximum Gasteiger partial charge on any atom is 0.336 e. The fourth-order valence-corrected chi connectivity index (χ4v) is 4.46. The number of benzene rings is 1. The monoisotopic (exact) mass is 408 g/mol. The summed E-state index contributed by atoms with van der Waals surface area (Å²) in [5.74, 6) is 0. The molecule has 0 atom stereocenters. The molecule has 4 aromatic rings. The summed E-state index contributed by atoms with van der Waals surface area (Å²) in [6.07, 6.45) is 3.19. The molecule has 0 aliphatic carbocycles. The highest BCUT2D eigenvalue weighted by molar-refractivity contribution is 7.22. The quantitative estimate of drug-likeness (QED) is 0.513. The maximum absolute atomic E-state index is 13.1. The van der Waals surface area contributed by atoms with Crippen molar-refractivity contribution in [2.75, 3.05) is 0 Å². The van der Waals surface area contributed by atoms with E-state index in [1.165, 1.54) is 22.1 Å². The Balaban J connectivity index is 2.06. The summed E-state index contributed by atoms with van der Waals surface area (Å²) >= 11 is 7.59. The summed E-state index contributed by atoms with van der Waals surface area (Å²) in [7, 11) is 0. The lowest BCUT2D eigenvalue weighted by Gasteiger charge is -2.10. The van der Waals surface area contributed by atoms with E-state index in [2.05, 4.69) is 11.1 Å². The Morgan fingerprint density at radius 2 is 2.00 bits per heavy atom. The number of nitrogens with zero attached hydrogens (tertiary/aromatic N) is 4. The van der Waals surface area contributed by atoms with Gasteiger partial charge in [-0.15, -0.1) is 11.3 Å². The van der Waals surface area contributed by atoms with E-state index in [0.717, 1.165) is 15.0 Å². The number of hydrogen-bond acceptors (Lipinski definition) is 5. The number of pyridine rings is 1. The molecule has 0 N–H and O–H groups in total. The number of fused-ring (bicyclic) bond motifs is 1. The van der Waals surface area contributed by atoms with Crippen LogP contribution in [0, 0.1) is 11.3 Å². The third-order valence-corrected chi connectivity index (χ3v) is 5.79. The highest BCUT2D eigenvalue weighted by Crippen LogP contribution is 2.35. The van der Waals surface area contributed by atoms with E-state index in [-0.39, 0.29) is 13.0 Å². The minimum absolute atomic E-state index is 0.150. The van der Waals surface area contributed by atoms with Gasteiger partial charge in [-0.1, -0.05) is 29.8 Å². The Morgan fingerprint density at radius 3 is 2.71 bits per heavy atom. The fraction of sp³-hybridized carbons (Fsp3) is 0.100. The first-order chi connectivity index (χ1) is 13.6. The summed E-state index contributed by atoms with van der Waals surface area (Å²) in [4.78, 5) is 31.0. The highest BCUT2D eigenvalue weighted by Gasteiger charge is 2.18. The van der Waals surface area contributed by atoms with Crippen molar-refractivity contribution in [3.63, 3.8) is 0 Å². The lowest BCUT2D eigenvalue weighted by atomic mass is 10.2. The average molecular weight is 409 g/mol. The standard InChI is InChI=1S/C20H13ClN4O2S/c21-15-7-2-1-6-14(15)17-11-16-18(28-17)19(26)25(13-5-3-9-23-12-13)20(27)24(16)10-4-8-22/h1-3,5-7,9,11-12H,4,10H2. The van der Waals surface area contributed by atoms with Crippen LogP contribution in [0.1, 0.15) is 6.42 Å². The Labute approximate surface area is 168 Å². The van der Waals surface area contributed by atoms with Crippen molar-refractivity contribution in [3.8, 4) is 22.2 Å². The van der Waals surface area contributed by atoms with Gasteiger partial charge in [0.1, 0.15) is 4.70 Å². The Bertz CT molecular complexity index is 1330. The molecule has 0 fully saturated rings. The number of aryl methyl sites for hydroxylation is 1. The third kappa shape index (κ3) is 3.03. The first kappa shape index (κ1) is 18.2. The molecule has 28 heavy (non-hydrogen) atoms. The van der Waals surface area contributed by atoms with Gasteiger partial charge in [0.05, 0.1) is 29.9 Å². The Hall–Kier alpha value is -3.21. The molecule has 0 spiro atoms. The molecule has 0 saturated heterocycles. The largest absolute Gasteiger partial charge is 0.336 e. The molecule has 8 heteroatoms. The third-order valence-electron chi connectivity index (χ3n) is 4.31. The van der Waals surface area contributed by atoms with Gasteiger partial charge in [0.15, 0.2) is 0 Å². The van der Waals surface area contributed by atoms with Crippen LogP contribution in [0.4, 0.5) is 0 Å². The molecular formula is C20H13ClN4O2S. The molecule has 6 nitrogen and oxygen atoms in total. The van der Waals surface area contributed by atoms with Gasteiger partial charge in [-0.25, -0.2) is 9.36 Å². The maximum atomic E-state index is 13.1. The minimum atomic E-state index is -0.496. The summed E-state index contributed by atoms with van der Waals surface area (Å²) in [6, 6.07) is 14.5. The SMILES string of the molecule is N#CCCn1c(=O)n(-c2cccnc2)c(=O)c2sc(-c3ccccc3Cl)cc21. The summed E-state index contributed by atoms with van der Waals surface area (Å²) in [6.45, 7) is 0.186. The molecule has 0 saturated carbocycles. The van der Waals surface area contributed by atoms with E-state index in [1.807, 2.05) is 18.2 Å². The first-order valence-corrected chi connectivity index (χ1v) is 9.63. The number of halogens is 1. The van der Waals surface area contributed by atoms with E-state index < -0.39 is 11.2 Å². The van der Waals surface area contributed by atoms with E-state index in [4.69, 9.17) is 16.9 Å². The number of rotatable bonds is 4. The van der Waals surface area contributed by atoms with Crippen LogP contribution in [0.5, 0.6) is 0 Å². The molecule has 0 bridgehead atoms. The smallest absolute Gasteiger partial charge is 0.291 e. The molecule has 4 rings (SSSR count). The molecule has 3 heterocycles. The van der Waals surface area contributed by atoms with Gasteiger partial charge in [0, 0.05) is 28.2 Å². The first-order valence-electron chi connectivity index (χ1n) is 8.43. The molecule has 138 valence electrons. The van der Waals surface area contributed by atoms with E-state index >= 15 is 0 Å². The van der Waals surface area contributed by atoms with E-state index in [1.54, 1.807) is 30.5 Å². The van der Waals surface area contributed by atoms with Crippen LogP contribution in [0.3, 0.4) is 0 Å². The summed E-state index contributed by atoms with van der Waals surface area (Å²) in [5, 5.41) is 9.55. The second-order valence-corrected chi connectivity index (χ2v) is 7.46. The number of aromatic nitrogens is 3. The number of thiophene rings is 1. The van der Waals surface area contributed by atoms with Crippen LogP contribution in [0.25, 0.3) is 26.3 Å². The molecule has 0 amide bonds. The van der Waals surface area contributed by atoms with Gasteiger partial charge in [0.2, 0.25) is 0 Å². The Morgan fingerprint density at radius 1 is 1.18 bits per heavy atom. The van der Waals surface area contributed by atoms with Crippen LogP contribution in [-0.4, -0.2) is 14.1 Å². The van der Waals surface area contributed by atoms with E-state index in [9.17, 15) is 9.59 Å². The van der Waals surface area contributed by atoms with Gasteiger partial charge in [-0.2, -0.15) is 5.26 Å². The summed E-state index contributed by atoms with van der Waals surface area (Å²) in [5.41, 5.74) is 0.772. The molecule has 0 radical (unpaired) electrons. The predicted molar refractivity (Wildman–Crippen MR) is 110 cm³/mol. The zero-order valence-corrected chi connectivity index (χ0v) is 16.1. The van der Waals surface area contributed by atoms with Crippen molar-refractivity contribution in [2.45, 2.75) is 13.0 Å². The molecular weight excluding hydrogens is 396 g/mol. The lowest BCUT2D eigenvalue weighted by Crippen LogP contribution is -2.38. The lowest BCUT2D eigenvalue weighted by molar-refractivity contribution is 0.662. The Kier molecular flexibility index (Phi) is 4.82. The molecule has 0 aliphatic heterocycles. The topological polar surface area (TPSA) is 80.7 Å². The normalized spacial score (nSPS) is 10.9. The minimum Gasteiger partial charge on any atom is -0.291 e. The average Bonchev–Trinajstić information content (AvgIpc) is 3.14. The molecule has 1 aromatic carbocycles. The van der Waals surface area contributed by atoms with Gasteiger partial charge < -0.3 is 0 Å². The second-order valence-electron chi connectivity index (χ2n) is 6.00. The van der Waals surface area contributed by atoms with Gasteiger partial charge in [-0.05, 0) is 24.3 Å². The van der Waals surface area contributed by atoms with Crippen LogP contribution in [-0.2, 0) is 6.54 Å². The van der Waals surface area contributed by atoms with E-state index in [0.29, 0.717) is 20.9 Å². The molecule has 0 aliphatic rings. The number of nitriles is 1. The molecule has 3 aromatic heterocycles. The predicted octanol–water partition coefficient (Wildman–Crippen LogP) is 3.84. The second kappa shape index (κ2) is 7.43. The fourth-order valence-electron chi connectivity index (χ4n) is 3.03. The van der Waals surface area contributed by atoms with Gasteiger partial charge in [0.25, 0.3) is 5.56 Å². The van der Waals surface area contributed by atoms with Crippen LogP contribution in [0.15, 0.2) is 64.4 Å². The van der Waals surface area contributed by atoms with Crippen molar-refractivity contribution in [1.82, 2.24) is 14.1 Å². The number of hydrogen-bond donors (Lipinski definition) is 0. The van der Waals surface area contributed by atoms with Crippen molar-refractivity contribution in [1.29, 1.82) is 5.26 Å². The van der Waals surface area contributed by atoms with Crippen molar-refractivity contribution in [3.05, 3.63) is 80.7 Å². The van der Waals surface area contributed by atoms with Crippen molar-refractivity contribution >= 4 is 33.2 Å². The zero-order valence-electron chi connectivity index (χ0n) is 14.5.